The van der Waals surface area contributed by atoms with Crippen LogP contribution in [0.1, 0.15) is 84.6 Å². The lowest BCUT2D eigenvalue weighted by Crippen LogP contribution is -2.35. The molecule has 1 rings (SSSR count). The minimum Gasteiger partial charge on any atom is -0.376 e. The Hall–Kier alpha value is -0.890. The third-order valence-corrected chi connectivity index (χ3v) is 5.10. The molecule has 0 heterocycles. The number of hydrogen-bond acceptors (Lipinski definition) is 1. The molecule has 0 aliphatic rings. The fraction of sp³-hybridized carbons (Fsp3) is 0.727. The molecule has 0 N–H and O–H groups in total. The molecule has 1 atom stereocenters. The van der Waals surface area contributed by atoms with Crippen molar-refractivity contribution in [2.45, 2.75) is 91.1 Å². The van der Waals surface area contributed by atoms with Crippen molar-refractivity contribution in [3.63, 3.8) is 0 Å². The van der Waals surface area contributed by atoms with Crippen molar-refractivity contribution in [1.29, 1.82) is 0 Å². The lowest BCUT2D eigenvalue weighted by atomic mass is 9.81. The van der Waals surface area contributed by atoms with Gasteiger partial charge in [-0.25, -0.2) is 4.39 Å². The highest BCUT2D eigenvalue weighted by Crippen LogP contribution is 2.31. The van der Waals surface area contributed by atoms with Gasteiger partial charge in [-0.3, -0.25) is 0 Å². The van der Waals surface area contributed by atoms with E-state index in [2.05, 4.69) is 27.7 Å². The Labute approximate surface area is 149 Å². The van der Waals surface area contributed by atoms with Crippen LogP contribution in [-0.4, -0.2) is 12.2 Å². The highest BCUT2D eigenvalue weighted by atomic mass is 19.1. The van der Waals surface area contributed by atoms with Gasteiger partial charge in [-0.05, 0) is 63.6 Å². The Morgan fingerprint density at radius 3 is 2.17 bits per heavy atom. The first-order valence-electron chi connectivity index (χ1n) is 9.88. The van der Waals surface area contributed by atoms with Gasteiger partial charge in [0.05, 0.1) is 5.60 Å². The maximum Gasteiger partial charge on any atom is 0.123 e. The Balaban J connectivity index is 2.49. The zero-order valence-corrected chi connectivity index (χ0v) is 16.2. The minimum absolute atomic E-state index is 0.0851. The summed E-state index contributed by atoms with van der Waals surface area (Å²) in [5.41, 5.74) is 1.13. The molecular formula is C22H37FO. The van der Waals surface area contributed by atoms with E-state index in [4.69, 9.17) is 4.74 Å². The zero-order valence-electron chi connectivity index (χ0n) is 16.2. The van der Waals surface area contributed by atoms with E-state index in [1.54, 1.807) is 12.1 Å². The summed E-state index contributed by atoms with van der Waals surface area (Å²) in [7, 11) is 0. The molecule has 1 aromatic rings. The summed E-state index contributed by atoms with van der Waals surface area (Å²) < 4.78 is 19.1. The van der Waals surface area contributed by atoms with Crippen molar-refractivity contribution in [2.75, 3.05) is 6.61 Å². The van der Waals surface area contributed by atoms with E-state index in [0.29, 0.717) is 5.92 Å². The molecule has 0 bridgehead atoms. The van der Waals surface area contributed by atoms with Crippen molar-refractivity contribution >= 4 is 0 Å². The number of hydrogen-bond donors (Lipinski definition) is 0. The average Bonchev–Trinajstić information content (AvgIpc) is 2.54. The quantitative estimate of drug-likeness (QED) is 0.354. The van der Waals surface area contributed by atoms with E-state index in [0.717, 1.165) is 19.4 Å². The molecule has 0 saturated heterocycles. The number of rotatable bonds is 13. The first-order chi connectivity index (χ1) is 11.5. The second-order valence-electron chi connectivity index (χ2n) is 7.45. The van der Waals surface area contributed by atoms with Crippen LogP contribution >= 0.6 is 0 Å². The topological polar surface area (TPSA) is 9.23 Å². The highest BCUT2D eigenvalue weighted by molar-refractivity contribution is 5.16. The third-order valence-electron chi connectivity index (χ3n) is 5.10. The van der Waals surface area contributed by atoms with Gasteiger partial charge in [0.1, 0.15) is 5.82 Å². The van der Waals surface area contributed by atoms with Gasteiger partial charge in [0.15, 0.2) is 0 Å². The van der Waals surface area contributed by atoms with E-state index < -0.39 is 0 Å². The molecule has 1 unspecified atom stereocenters. The molecule has 1 aromatic carbocycles. The summed E-state index contributed by atoms with van der Waals surface area (Å²) in [6.45, 7) is 9.54. The molecule has 138 valence electrons. The standard InChI is InChI=1S/C22H37FO/c1-5-7-8-9-10-11-12-20(22(3,4)24-6-2)16-13-19-14-17-21(23)18-15-19/h14-15,17-18,20H,5-13,16H2,1-4H3. The summed E-state index contributed by atoms with van der Waals surface area (Å²) in [6.07, 6.45) is 11.3. The number of ether oxygens (including phenoxy) is 1. The third kappa shape index (κ3) is 8.28. The Morgan fingerprint density at radius 2 is 1.54 bits per heavy atom. The first kappa shape index (κ1) is 21.2. The van der Waals surface area contributed by atoms with Crippen LogP contribution in [0, 0.1) is 11.7 Å². The Morgan fingerprint density at radius 1 is 0.917 bits per heavy atom. The second kappa shape index (κ2) is 11.6. The number of benzene rings is 1. The van der Waals surface area contributed by atoms with Crippen LogP contribution in [0.4, 0.5) is 4.39 Å². The molecule has 0 radical (unpaired) electrons. The molecule has 0 saturated carbocycles. The first-order valence-corrected chi connectivity index (χ1v) is 9.88. The van der Waals surface area contributed by atoms with Gasteiger partial charge >= 0.3 is 0 Å². The van der Waals surface area contributed by atoms with Crippen LogP contribution in [-0.2, 0) is 11.2 Å². The predicted octanol–water partition coefficient (Wildman–Crippen LogP) is 6.94. The van der Waals surface area contributed by atoms with Gasteiger partial charge in [0.2, 0.25) is 0 Å². The fourth-order valence-corrected chi connectivity index (χ4v) is 3.49. The summed E-state index contributed by atoms with van der Waals surface area (Å²) in [5.74, 6) is 0.394. The number of unbranched alkanes of at least 4 members (excludes halogenated alkanes) is 5. The van der Waals surface area contributed by atoms with Crippen molar-refractivity contribution < 1.29 is 9.13 Å². The molecule has 0 aromatic heterocycles. The monoisotopic (exact) mass is 336 g/mol. The van der Waals surface area contributed by atoms with Crippen LogP contribution in [0.15, 0.2) is 24.3 Å². The molecular weight excluding hydrogens is 299 g/mol. The summed E-state index contributed by atoms with van der Waals surface area (Å²) in [6, 6.07) is 6.94. The van der Waals surface area contributed by atoms with Gasteiger partial charge in [0, 0.05) is 6.61 Å². The second-order valence-corrected chi connectivity index (χ2v) is 7.45. The predicted molar refractivity (Wildman–Crippen MR) is 102 cm³/mol. The molecule has 0 fully saturated rings. The lowest BCUT2D eigenvalue weighted by molar-refractivity contribution is -0.0598. The lowest BCUT2D eigenvalue weighted by Gasteiger charge is -2.34. The molecule has 2 heteroatoms. The molecule has 0 aliphatic carbocycles. The van der Waals surface area contributed by atoms with Crippen LogP contribution in [0.25, 0.3) is 0 Å². The smallest absolute Gasteiger partial charge is 0.123 e. The zero-order chi connectivity index (χ0) is 17.8. The SMILES string of the molecule is CCCCCCCCC(CCc1ccc(F)cc1)C(C)(C)OCC. The molecule has 0 spiro atoms. The van der Waals surface area contributed by atoms with Crippen LogP contribution in [0.3, 0.4) is 0 Å². The maximum atomic E-state index is 13.0. The Bertz CT molecular complexity index is 424. The number of aryl methyl sites for hydroxylation is 1. The van der Waals surface area contributed by atoms with Crippen LogP contribution in [0.5, 0.6) is 0 Å². The molecule has 1 nitrogen and oxygen atoms in total. The van der Waals surface area contributed by atoms with Gasteiger partial charge in [0.25, 0.3) is 0 Å². The summed E-state index contributed by atoms with van der Waals surface area (Å²) in [4.78, 5) is 0. The van der Waals surface area contributed by atoms with Gasteiger partial charge in [-0.15, -0.1) is 0 Å². The van der Waals surface area contributed by atoms with Crippen LogP contribution < -0.4 is 0 Å². The molecule has 0 amide bonds. The summed E-state index contributed by atoms with van der Waals surface area (Å²) in [5, 5.41) is 0. The fourth-order valence-electron chi connectivity index (χ4n) is 3.49. The van der Waals surface area contributed by atoms with Gasteiger partial charge in [-0.1, -0.05) is 57.6 Å². The van der Waals surface area contributed by atoms with E-state index in [-0.39, 0.29) is 11.4 Å². The van der Waals surface area contributed by atoms with E-state index >= 15 is 0 Å². The van der Waals surface area contributed by atoms with E-state index in [9.17, 15) is 4.39 Å². The van der Waals surface area contributed by atoms with Crippen molar-refractivity contribution in [1.82, 2.24) is 0 Å². The largest absolute Gasteiger partial charge is 0.376 e. The summed E-state index contributed by atoms with van der Waals surface area (Å²) >= 11 is 0. The molecule has 0 aliphatic heterocycles. The number of halogens is 1. The van der Waals surface area contributed by atoms with E-state index in [1.165, 1.54) is 50.5 Å². The van der Waals surface area contributed by atoms with E-state index in [1.807, 2.05) is 12.1 Å². The average molecular weight is 337 g/mol. The van der Waals surface area contributed by atoms with Crippen molar-refractivity contribution in [3.05, 3.63) is 35.6 Å². The Kier molecular flexibility index (Phi) is 10.2. The van der Waals surface area contributed by atoms with Gasteiger partial charge in [-0.2, -0.15) is 0 Å². The maximum absolute atomic E-state index is 13.0. The highest BCUT2D eigenvalue weighted by Gasteiger charge is 2.29. The van der Waals surface area contributed by atoms with Crippen molar-refractivity contribution in [2.24, 2.45) is 5.92 Å². The molecule has 24 heavy (non-hydrogen) atoms. The van der Waals surface area contributed by atoms with Crippen LogP contribution in [0.2, 0.25) is 0 Å². The normalized spacial score (nSPS) is 13.2. The minimum atomic E-state index is -0.156. The van der Waals surface area contributed by atoms with Gasteiger partial charge < -0.3 is 4.74 Å². The van der Waals surface area contributed by atoms with Crippen molar-refractivity contribution in [3.8, 4) is 0 Å².